The molecule has 2 aliphatic rings. The van der Waals surface area contributed by atoms with Gasteiger partial charge in [-0.15, -0.1) is 0 Å². The summed E-state index contributed by atoms with van der Waals surface area (Å²) in [6.45, 7) is 1.88. The molecule has 0 spiro atoms. The number of nitrogen functional groups attached to an aromatic ring is 1. The van der Waals surface area contributed by atoms with Crippen molar-refractivity contribution in [1.29, 1.82) is 0 Å². The molecular formula is C19H19N3O4. The smallest absolute Gasteiger partial charge is 0.319 e. The first-order chi connectivity index (χ1) is 12.4. The van der Waals surface area contributed by atoms with Gasteiger partial charge in [0.1, 0.15) is 12.0 Å². The number of nitrogens with two attached hydrogens (primary N) is 1. The Morgan fingerprint density at radius 2 is 1.92 bits per heavy atom. The number of carbonyl (C=O) groups is 2. The lowest BCUT2D eigenvalue weighted by Crippen LogP contribution is -2.52. The van der Waals surface area contributed by atoms with Crippen molar-refractivity contribution in [1.82, 2.24) is 4.98 Å². The topological polar surface area (TPSA) is 117 Å². The van der Waals surface area contributed by atoms with Crippen LogP contribution in [0.15, 0.2) is 30.5 Å². The van der Waals surface area contributed by atoms with Crippen molar-refractivity contribution < 1.29 is 19.8 Å². The third kappa shape index (κ3) is 2.43. The maximum Gasteiger partial charge on any atom is 0.319 e. The number of hydrogen-bond donors (Lipinski definition) is 3. The summed E-state index contributed by atoms with van der Waals surface area (Å²) in [6, 6.07) is 7.04. The number of carboxylic acids is 1. The van der Waals surface area contributed by atoms with Gasteiger partial charge in [-0.05, 0) is 49.1 Å². The first kappa shape index (κ1) is 16.5. The van der Waals surface area contributed by atoms with E-state index in [1.165, 1.54) is 0 Å². The molecule has 2 atom stereocenters. The fourth-order valence-corrected chi connectivity index (χ4v) is 3.70. The molecule has 2 unspecified atom stereocenters. The van der Waals surface area contributed by atoms with Gasteiger partial charge in [0.05, 0.1) is 5.69 Å². The molecule has 1 aliphatic carbocycles. The van der Waals surface area contributed by atoms with Crippen molar-refractivity contribution in [2.45, 2.75) is 32.0 Å². The highest BCUT2D eigenvalue weighted by Crippen LogP contribution is 2.45. The number of pyridine rings is 1. The molecule has 1 aromatic carbocycles. The summed E-state index contributed by atoms with van der Waals surface area (Å²) in [6.07, 6.45) is 2.03. The Bertz CT molecular complexity index is 906. The molecule has 7 heteroatoms. The molecule has 26 heavy (non-hydrogen) atoms. The van der Waals surface area contributed by atoms with Gasteiger partial charge in [0, 0.05) is 23.4 Å². The van der Waals surface area contributed by atoms with Crippen molar-refractivity contribution in [3.05, 3.63) is 41.6 Å². The SMILES string of the molecule is Cc1c(-c2ccc(N)nc2)ccc2c1N(C1CC1)C(O)C(C(=O)O)C2=O. The fraction of sp³-hybridized carbons (Fsp3) is 0.316. The summed E-state index contributed by atoms with van der Waals surface area (Å²) in [5.74, 6) is -2.91. The van der Waals surface area contributed by atoms with Crippen LogP contribution in [0.4, 0.5) is 11.5 Å². The number of aromatic nitrogens is 1. The van der Waals surface area contributed by atoms with Crippen LogP contribution in [0.25, 0.3) is 11.1 Å². The van der Waals surface area contributed by atoms with E-state index in [-0.39, 0.29) is 6.04 Å². The molecule has 1 fully saturated rings. The number of nitrogens with zero attached hydrogens (tertiary/aromatic N) is 2. The molecule has 0 radical (unpaired) electrons. The van der Waals surface area contributed by atoms with E-state index in [1.807, 2.05) is 13.0 Å². The third-order valence-corrected chi connectivity index (χ3v) is 5.12. The number of fused-ring (bicyclic) bond motifs is 1. The largest absolute Gasteiger partial charge is 0.481 e. The van der Waals surface area contributed by atoms with Crippen LogP contribution in [0, 0.1) is 12.8 Å². The summed E-state index contributed by atoms with van der Waals surface area (Å²) < 4.78 is 0. The predicted octanol–water partition coefficient (Wildman–Crippen LogP) is 1.82. The molecule has 134 valence electrons. The zero-order valence-electron chi connectivity index (χ0n) is 14.2. The van der Waals surface area contributed by atoms with Gasteiger partial charge in [-0.3, -0.25) is 9.59 Å². The molecule has 4 rings (SSSR count). The zero-order valence-corrected chi connectivity index (χ0v) is 14.2. The van der Waals surface area contributed by atoms with Crippen LogP contribution in [0.1, 0.15) is 28.8 Å². The average molecular weight is 353 g/mol. The maximum absolute atomic E-state index is 12.7. The van der Waals surface area contributed by atoms with E-state index in [0.29, 0.717) is 17.1 Å². The Morgan fingerprint density at radius 1 is 1.23 bits per heavy atom. The lowest BCUT2D eigenvalue weighted by molar-refractivity contribution is -0.143. The molecule has 4 N–H and O–H groups in total. The van der Waals surface area contributed by atoms with Crippen molar-refractivity contribution in [2.24, 2.45) is 5.92 Å². The van der Waals surface area contributed by atoms with E-state index in [0.717, 1.165) is 29.5 Å². The van der Waals surface area contributed by atoms with Crippen molar-refractivity contribution in [3.8, 4) is 11.1 Å². The van der Waals surface area contributed by atoms with Crippen LogP contribution >= 0.6 is 0 Å². The first-order valence-electron chi connectivity index (χ1n) is 8.49. The number of anilines is 2. The molecule has 1 aliphatic heterocycles. The number of Topliss-reactive ketones (excluding diaryl/α,β-unsaturated/α-hetero) is 1. The minimum absolute atomic E-state index is 0.0530. The van der Waals surface area contributed by atoms with Crippen LogP contribution in [0.3, 0.4) is 0 Å². The van der Waals surface area contributed by atoms with Crippen LogP contribution in [-0.4, -0.2) is 39.2 Å². The number of hydrogen-bond acceptors (Lipinski definition) is 6. The van der Waals surface area contributed by atoms with Crippen LogP contribution in [0.2, 0.25) is 0 Å². The van der Waals surface area contributed by atoms with Crippen molar-refractivity contribution in [3.63, 3.8) is 0 Å². The fourth-order valence-electron chi connectivity index (χ4n) is 3.70. The summed E-state index contributed by atoms with van der Waals surface area (Å²) in [5, 5.41) is 20.1. The van der Waals surface area contributed by atoms with E-state index in [4.69, 9.17) is 5.73 Å². The summed E-state index contributed by atoms with van der Waals surface area (Å²) in [5.41, 5.74) is 9.15. The molecular weight excluding hydrogens is 334 g/mol. The third-order valence-electron chi connectivity index (χ3n) is 5.12. The number of aliphatic carboxylic acids is 1. The van der Waals surface area contributed by atoms with Gasteiger partial charge in [0.15, 0.2) is 11.7 Å². The van der Waals surface area contributed by atoms with Gasteiger partial charge in [-0.25, -0.2) is 4.98 Å². The summed E-state index contributed by atoms with van der Waals surface area (Å²) in [4.78, 5) is 30.1. The molecule has 0 bridgehead atoms. The Hall–Kier alpha value is -2.93. The monoisotopic (exact) mass is 353 g/mol. The molecule has 2 heterocycles. The highest BCUT2D eigenvalue weighted by molar-refractivity contribution is 6.14. The zero-order chi connectivity index (χ0) is 18.6. The highest BCUT2D eigenvalue weighted by Gasteiger charge is 2.49. The number of carbonyl (C=O) groups excluding carboxylic acids is 1. The van der Waals surface area contributed by atoms with E-state index < -0.39 is 23.9 Å². The quantitative estimate of drug-likeness (QED) is 0.721. The molecule has 1 saturated carbocycles. The first-order valence-corrected chi connectivity index (χ1v) is 8.49. The molecule has 0 saturated heterocycles. The number of rotatable bonds is 3. The van der Waals surface area contributed by atoms with Crippen LogP contribution in [0.5, 0.6) is 0 Å². The van der Waals surface area contributed by atoms with Gasteiger partial charge < -0.3 is 20.8 Å². The predicted molar refractivity (Wildman–Crippen MR) is 95.8 cm³/mol. The minimum Gasteiger partial charge on any atom is -0.481 e. The summed E-state index contributed by atoms with van der Waals surface area (Å²) in [7, 11) is 0. The van der Waals surface area contributed by atoms with Gasteiger partial charge in [0.2, 0.25) is 0 Å². The second kappa shape index (κ2) is 5.81. The molecule has 0 amide bonds. The lowest BCUT2D eigenvalue weighted by Gasteiger charge is -2.40. The Labute approximate surface area is 150 Å². The number of ketones is 1. The highest BCUT2D eigenvalue weighted by atomic mass is 16.4. The van der Waals surface area contributed by atoms with Gasteiger partial charge in [0.25, 0.3) is 0 Å². The van der Waals surface area contributed by atoms with Gasteiger partial charge in [-0.2, -0.15) is 0 Å². The molecule has 7 nitrogen and oxygen atoms in total. The van der Waals surface area contributed by atoms with E-state index in [2.05, 4.69) is 4.98 Å². The minimum atomic E-state index is -1.47. The second-order valence-corrected chi connectivity index (χ2v) is 6.84. The van der Waals surface area contributed by atoms with E-state index in [9.17, 15) is 19.8 Å². The number of aliphatic hydroxyl groups excluding tert-OH is 1. The van der Waals surface area contributed by atoms with Crippen molar-refractivity contribution >= 4 is 23.3 Å². The van der Waals surface area contributed by atoms with Crippen molar-refractivity contribution in [2.75, 3.05) is 10.6 Å². The van der Waals surface area contributed by atoms with Crippen LogP contribution in [-0.2, 0) is 4.79 Å². The number of benzene rings is 1. The van der Waals surface area contributed by atoms with Gasteiger partial charge >= 0.3 is 5.97 Å². The van der Waals surface area contributed by atoms with Gasteiger partial charge in [-0.1, -0.05) is 6.07 Å². The standard InChI is InChI=1S/C19H19N3O4/c1-9-12(10-2-7-14(20)21-8-10)5-6-13-16(9)22(11-3-4-11)18(24)15(17(13)23)19(25)26/h2,5-8,11,15,18,24H,3-4H2,1H3,(H2,20,21)(H,25,26). The second-order valence-electron chi connectivity index (χ2n) is 6.84. The van der Waals surface area contributed by atoms with Crippen LogP contribution < -0.4 is 10.6 Å². The summed E-state index contributed by atoms with van der Waals surface area (Å²) >= 11 is 0. The Morgan fingerprint density at radius 3 is 2.50 bits per heavy atom. The Kier molecular flexibility index (Phi) is 3.69. The number of aliphatic hydroxyl groups is 1. The van der Waals surface area contributed by atoms with E-state index >= 15 is 0 Å². The molecule has 1 aromatic heterocycles. The number of carboxylic acid groups (broad SMARTS) is 1. The van der Waals surface area contributed by atoms with E-state index in [1.54, 1.807) is 29.3 Å². The normalized spacial score (nSPS) is 22.2. The lowest BCUT2D eigenvalue weighted by atomic mass is 9.85. The Balaban J connectivity index is 1.90. The molecule has 2 aromatic rings. The maximum atomic E-state index is 12.7. The average Bonchev–Trinajstić information content (AvgIpc) is 3.41.